The summed E-state index contributed by atoms with van der Waals surface area (Å²) in [5, 5.41) is 2.83. The molecule has 1 aliphatic heterocycles. The second kappa shape index (κ2) is 8.25. The third kappa shape index (κ3) is 4.06. The first-order valence-electron chi connectivity index (χ1n) is 9.35. The Bertz CT molecular complexity index is 905. The van der Waals surface area contributed by atoms with Crippen LogP contribution in [0.5, 0.6) is 0 Å². The predicted molar refractivity (Wildman–Crippen MR) is 107 cm³/mol. The number of esters is 1. The first-order chi connectivity index (χ1) is 13.4. The van der Waals surface area contributed by atoms with E-state index in [-0.39, 0.29) is 18.2 Å². The van der Waals surface area contributed by atoms with Gasteiger partial charge in [-0.05, 0) is 62.2 Å². The number of nitrogens with one attached hydrogen (secondary N) is 1. The lowest BCUT2D eigenvalue weighted by molar-refractivity contribution is -0.122. The van der Waals surface area contributed by atoms with Crippen molar-refractivity contribution in [2.45, 2.75) is 27.2 Å². The van der Waals surface area contributed by atoms with Gasteiger partial charge in [-0.2, -0.15) is 0 Å². The zero-order chi connectivity index (χ0) is 20.3. The van der Waals surface area contributed by atoms with Gasteiger partial charge >= 0.3 is 5.97 Å². The molecule has 3 rings (SSSR count). The number of anilines is 2. The van der Waals surface area contributed by atoms with Gasteiger partial charge in [0.2, 0.25) is 11.8 Å². The van der Waals surface area contributed by atoms with E-state index in [1.165, 1.54) is 0 Å². The molecule has 0 saturated carbocycles. The second-order valence-electron chi connectivity index (χ2n) is 6.91. The zero-order valence-corrected chi connectivity index (χ0v) is 16.3. The molecule has 0 radical (unpaired) electrons. The van der Waals surface area contributed by atoms with Gasteiger partial charge < -0.3 is 15.0 Å². The summed E-state index contributed by atoms with van der Waals surface area (Å²) < 4.78 is 4.94. The minimum Gasteiger partial charge on any atom is -0.462 e. The summed E-state index contributed by atoms with van der Waals surface area (Å²) in [6, 6.07) is 12.4. The Labute approximate surface area is 164 Å². The van der Waals surface area contributed by atoms with E-state index in [0.717, 1.165) is 16.8 Å². The van der Waals surface area contributed by atoms with Crippen LogP contribution >= 0.6 is 0 Å². The molecule has 0 spiro atoms. The van der Waals surface area contributed by atoms with Crippen LogP contribution in [0.3, 0.4) is 0 Å². The molecule has 146 valence electrons. The van der Waals surface area contributed by atoms with Crippen molar-refractivity contribution in [1.29, 1.82) is 0 Å². The fourth-order valence-corrected chi connectivity index (χ4v) is 3.29. The number of carbonyl (C=O) groups is 3. The highest BCUT2D eigenvalue weighted by atomic mass is 16.5. The Morgan fingerprint density at radius 2 is 1.86 bits per heavy atom. The summed E-state index contributed by atoms with van der Waals surface area (Å²) in [4.78, 5) is 38.5. The van der Waals surface area contributed by atoms with E-state index in [9.17, 15) is 14.4 Å². The summed E-state index contributed by atoms with van der Waals surface area (Å²) in [7, 11) is 0. The summed E-state index contributed by atoms with van der Waals surface area (Å²) in [6.07, 6.45) is 0.181. The van der Waals surface area contributed by atoms with Gasteiger partial charge in [0.1, 0.15) is 0 Å². The number of hydrogen-bond donors (Lipinski definition) is 1. The molecular formula is C22H24N2O4. The van der Waals surface area contributed by atoms with E-state index in [1.807, 2.05) is 32.0 Å². The molecule has 6 heteroatoms. The second-order valence-corrected chi connectivity index (χ2v) is 6.91. The lowest BCUT2D eigenvalue weighted by Gasteiger charge is -2.20. The number of rotatable bonds is 5. The molecule has 1 heterocycles. The van der Waals surface area contributed by atoms with Gasteiger partial charge in [0.25, 0.3) is 0 Å². The van der Waals surface area contributed by atoms with Crippen LogP contribution < -0.4 is 10.2 Å². The summed E-state index contributed by atoms with van der Waals surface area (Å²) in [5.41, 5.74) is 4.03. The molecule has 1 atom stereocenters. The summed E-state index contributed by atoms with van der Waals surface area (Å²) in [5.74, 6) is -1.07. The monoisotopic (exact) mass is 380 g/mol. The molecule has 1 saturated heterocycles. The molecule has 1 aliphatic rings. The van der Waals surface area contributed by atoms with E-state index < -0.39 is 11.9 Å². The van der Waals surface area contributed by atoms with Crippen LogP contribution in [-0.4, -0.2) is 30.9 Å². The molecule has 28 heavy (non-hydrogen) atoms. The largest absolute Gasteiger partial charge is 0.462 e. The predicted octanol–water partition coefficient (Wildman–Crippen LogP) is 3.47. The number of aryl methyl sites for hydroxylation is 1. The number of hydrogen-bond acceptors (Lipinski definition) is 4. The summed E-state index contributed by atoms with van der Waals surface area (Å²) >= 11 is 0. The lowest BCUT2D eigenvalue weighted by atomic mass is 10.1. The number of ether oxygens (including phenoxy) is 1. The Balaban J connectivity index is 1.66. The first kappa shape index (κ1) is 19.6. The molecule has 0 aliphatic carbocycles. The summed E-state index contributed by atoms with van der Waals surface area (Å²) in [6.45, 7) is 6.40. The number of benzene rings is 2. The van der Waals surface area contributed by atoms with Crippen molar-refractivity contribution >= 4 is 29.2 Å². The molecular weight excluding hydrogens is 356 g/mol. The van der Waals surface area contributed by atoms with E-state index in [0.29, 0.717) is 24.4 Å². The SMILES string of the molecule is CCOC(=O)c1ccc(NC(=O)[C@H]2CC(=O)N(c3cccc(C)c3C)C2)cc1. The highest BCUT2D eigenvalue weighted by Gasteiger charge is 2.35. The van der Waals surface area contributed by atoms with E-state index in [1.54, 1.807) is 36.1 Å². The average molecular weight is 380 g/mol. The maximum Gasteiger partial charge on any atom is 0.338 e. The standard InChI is InChI=1S/C22H24N2O4/c1-4-28-22(27)16-8-10-18(11-9-16)23-21(26)17-12-20(25)24(13-17)19-7-5-6-14(2)15(19)3/h5-11,17H,4,12-13H2,1-3H3,(H,23,26)/t17-/m0/s1. The smallest absolute Gasteiger partial charge is 0.338 e. The molecule has 0 aromatic heterocycles. The van der Waals surface area contributed by atoms with Crippen LogP contribution in [0.15, 0.2) is 42.5 Å². The fraction of sp³-hybridized carbons (Fsp3) is 0.318. The van der Waals surface area contributed by atoms with Crippen molar-refractivity contribution in [1.82, 2.24) is 0 Å². The van der Waals surface area contributed by atoms with Crippen molar-refractivity contribution in [3.8, 4) is 0 Å². The van der Waals surface area contributed by atoms with Gasteiger partial charge in [0.05, 0.1) is 18.1 Å². The van der Waals surface area contributed by atoms with Crippen LogP contribution in [0.25, 0.3) is 0 Å². The van der Waals surface area contributed by atoms with Gasteiger partial charge in [-0.15, -0.1) is 0 Å². The van der Waals surface area contributed by atoms with Crippen LogP contribution in [0.2, 0.25) is 0 Å². The van der Waals surface area contributed by atoms with Crippen LogP contribution in [-0.2, 0) is 14.3 Å². The Hall–Kier alpha value is -3.15. The van der Waals surface area contributed by atoms with Crippen LogP contribution in [0, 0.1) is 19.8 Å². The number of carbonyl (C=O) groups excluding carboxylic acids is 3. The maximum atomic E-state index is 12.6. The normalized spacial score (nSPS) is 16.2. The molecule has 2 aromatic rings. The lowest BCUT2D eigenvalue weighted by Crippen LogP contribution is -2.28. The van der Waals surface area contributed by atoms with Gasteiger partial charge in [0.15, 0.2) is 0 Å². The molecule has 2 aromatic carbocycles. The number of amides is 2. The Morgan fingerprint density at radius 1 is 1.14 bits per heavy atom. The zero-order valence-electron chi connectivity index (χ0n) is 16.3. The third-order valence-corrected chi connectivity index (χ3v) is 5.03. The van der Waals surface area contributed by atoms with Crippen molar-refractivity contribution in [2.75, 3.05) is 23.4 Å². The van der Waals surface area contributed by atoms with Gasteiger partial charge in [0, 0.05) is 24.3 Å². The highest BCUT2D eigenvalue weighted by Crippen LogP contribution is 2.30. The third-order valence-electron chi connectivity index (χ3n) is 5.03. The molecule has 1 fully saturated rings. The van der Waals surface area contributed by atoms with Crippen LogP contribution in [0.4, 0.5) is 11.4 Å². The fourth-order valence-electron chi connectivity index (χ4n) is 3.29. The Morgan fingerprint density at radius 3 is 2.54 bits per heavy atom. The van der Waals surface area contributed by atoms with Crippen molar-refractivity contribution < 1.29 is 19.1 Å². The van der Waals surface area contributed by atoms with E-state index in [2.05, 4.69) is 5.32 Å². The van der Waals surface area contributed by atoms with Crippen molar-refractivity contribution in [2.24, 2.45) is 5.92 Å². The maximum absolute atomic E-state index is 12.6. The van der Waals surface area contributed by atoms with Gasteiger partial charge in [-0.25, -0.2) is 4.79 Å². The van der Waals surface area contributed by atoms with Crippen molar-refractivity contribution in [3.05, 3.63) is 59.2 Å². The minimum atomic E-state index is -0.419. The van der Waals surface area contributed by atoms with E-state index in [4.69, 9.17) is 4.74 Å². The molecule has 0 unspecified atom stereocenters. The molecule has 0 bridgehead atoms. The molecule has 1 N–H and O–H groups in total. The quantitative estimate of drug-likeness (QED) is 0.806. The minimum absolute atomic E-state index is 0.0495. The Kier molecular flexibility index (Phi) is 5.78. The number of nitrogens with zero attached hydrogens (tertiary/aromatic N) is 1. The first-order valence-corrected chi connectivity index (χ1v) is 9.35. The van der Waals surface area contributed by atoms with Crippen molar-refractivity contribution in [3.63, 3.8) is 0 Å². The van der Waals surface area contributed by atoms with Gasteiger partial charge in [-0.3, -0.25) is 9.59 Å². The molecule has 2 amide bonds. The average Bonchev–Trinajstić information content (AvgIpc) is 3.06. The molecule has 6 nitrogen and oxygen atoms in total. The van der Waals surface area contributed by atoms with Gasteiger partial charge in [-0.1, -0.05) is 12.1 Å². The van der Waals surface area contributed by atoms with E-state index >= 15 is 0 Å². The topological polar surface area (TPSA) is 75.7 Å². The highest BCUT2D eigenvalue weighted by molar-refractivity contribution is 6.04. The van der Waals surface area contributed by atoms with Crippen LogP contribution in [0.1, 0.15) is 34.8 Å².